The number of sulfonamides is 1. The smallest absolute Gasteiger partial charge is 0.264 e. The fourth-order valence-corrected chi connectivity index (χ4v) is 6.09. The highest BCUT2D eigenvalue weighted by molar-refractivity contribution is 7.92. The summed E-state index contributed by atoms with van der Waals surface area (Å²) in [7, 11) is -1.44. The molecule has 1 N–H and O–H groups in total. The summed E-state index contributed by atoms with van der Waals surface area (Å²) in [5.74, 6) is 0.283. The van der Waals surface area contributed by atoms with E-state index in [1.807, 2.05) is 65.0 Å². The predicted molar refractivity (Wildman–Crippen MR) is 171 cm³/mol. The fraction of sp³-hybridized carbons (Fsp3) is 0.394. The van der Waals surface area contributed by atoms with Crippen molar-refractivity contribution in [2.24, 2.45) is 0 Å². The molecule has 0 heterocycles. The van der Waals surface area contributed by atoms with Crippen molar-refractivity contribution in [1.82, 2.24) is 10.2 Å². The van der Waals surface area contributed by atoms with Crippen LogP contribution < -0.4 is 23.8 Å². The van der Waals surface area contributed by atoms with E-state index in [1.165, 1.54) is 37.3 Å². The van der Waals surface area contributed by atoms with Crippen LogP contribution in [0.2, 0.25) is 0 Å². The molecule has 1 unspecified atom stereocenters. The zero-order valence-electron chi connectivity index (χ0n) is 26.5. The van der Waals surface area contributed by atoms with Crippen LogP contribution in [0.1, 0.15) is 46.6 Å². The molecule has 0 radical (unpaired) electrons. The van der Waals surface area contributed by atoms with Gasteiger partial charge in [0.25, 0.3) is 10.0 Å². The molecule has 0 saturated carbocycles. The van der Waals surface area contributed by atoms with E-state index in [0.717, 1.165) is 9.87 Å². The zero-order valence-corrected chi connectivity index (χ0v) is 27.3. The summed E-state index contributed by atoms with van der Waals surface area (Å²) in [4.78, 5) is 29.0. The van der Waals surface area contributed by atoms with Crippen molar-refractivity contribution in [3.05, 3.63) is 78.4 Å². The molecule has 11 heteroatoms. The molecule has 0 spiro atoms. The molecule has 0 bridgehead atoms. The number of hydrogen-bond acceptors (Lipinski definition) is 7. The average molecular weight is 626 g/mol. The summed E-state index contributed by atoms with van der Waals surface area (Å²) < 4.78 is 45.7. The van der Waals surface area contributed by atoms with Gasteiger partial charge in [0.2, 0.25) is 11.8 Å². The van der Waals surface area contributed by atoms with Gasteiger partial charge in [-0.1, -0.05) is 37.3 Å². The maximum Gasteiger partial charge on any atom is 0.264 e. The highest BCUT2D eigenvalue weighted by Gasteiger charge is 2.35. The minimum absolute atomic E-state index is 0.0936. The van der Waals surface area contributed by atoms with Crippen molar-refractivity contribution in [1.29, 1.82) is 0 Å². The maximum atomic E-state index is 14.2. The molecule has 0 aliphatic heterocycles. The van der Waals surface area contributed by atoms with Crippen LogP contribution in [0.3, 0.4) is 0 Å². The maximum absolute atomic E-state index is 14.2. The van der Waals surface area contributed by atoms with Gasteiger partial charge in [0.15, 0.2) is 11.5 Å². The molecule has 0 aromatic heterocycles. The Hall–Kier alpha value is -4.25. The molecule has 0 aliphatic rings. The quantitative estimate of drug-likeness (QED) is 0.268. The number of rotatable bonds is 14. The number of methoxy groups -OCH3 is 2. The normalized spacial score (nSPS) is 12.2. The van der Waals surface area contributed by atoms with Crippen LogP contribution in [-0.2, 0) is 26.2 Å². The van der Waals surface area contributed by atoms with Gasteiger partial charge < -0.3 is 24.4 Å². The lowest BCUT2D eigenvalue weighted by Gasteiger charge is -2.34. The van der Waals surface area contributed by atoms with E-state index in [-0.39, 0.29) is 28.8 Å². The van der Waals surface area contributed by atoms with Gasteiger partial charge in [-0.15, -0.1) is 0 Å². The van der Waals surface area contributed by atoms with E-state index in [2.05, 4.69) is 5.32 Å². The summed E-state index contributed by atoms with van der Waals surface area (Å²) >= 11 is 0. The van der Waals surface area contributed by atoms with Gasteiger partial charge in [0.05, 0.1) is 31.4 Å². The Morgan fingerprint density at radius 1 is 0.886 bits per heavy atom. The molecular weight excluding hydrogens is 582 g/mol. The Labute approximate surface area is 261 Å². The number of nitrogens with one attached hydrogen (secondary N) is 1. The molecule has 10 nitrogen and oxygen atoms in total. The van der Waals surface area contributed by atoms with E-state index < -0.39 is 34.1 Å². The molecule has 3 rings (SSSR count). The highest BCUT2D eigenvalue weighted by atomic mass is 32.2. The standard InChI is InChI=1S/C33H43N3O7S/c1-8-28(32(38)34-33(3,4)5)35(22-24-13-11-10-12-14-24)31(37)23-36(25-15-17-26(18-16-25)43-9-2)44(39,40)27-19-20-29(41-6)30(21-27)42-7/h10-21,28H,8-9,22-23H2,1-7H3,(H,34,38). The van der Waals surface area contributed by atoms with E-state index in [1.54, 1.807) is 24.3 Å². The van der Waals surface area contributed by atoms with Crippen molar-refractivity contribution in [2.75, 3.05) is 31.7 Å². The third-order valence-corrected chi connectivity index (χ3v) is 8.51. The highest BCUT2D eigenvalue weighted by Crippen LogP contribution is 2.33. The lowest BCUT2D eigenvalue weighted by atomic mass is 10.1. The molecule has 0 fully saturated rings. The van der Waals surface area contributed by atoms with Gasteiger partial charge in [-0.25, -0.2) is 8.42 Å². The first-order chi connectivity index (χ1) is 20.8. The van der Waals surface area contributed by atoms with Gasteiger partial charge in [0, 0.05) is 18.2 Å². The first-order valence-corrected chi connectivity index (χ1v) is 15.9. The van der Waals surface area contributed by atoms with E-state index in [4.69, 9.17) is 14.2 Å². The lowest BCUT2D eigenvalue weighted by Crippen LogP contribution is -2.55. The van der Waals surface area contributed by atoms with Crippen molar-refractivity contribution in [2.45, 2.75) is 64.1 Å². The number of amides is 2. The number of ether oxygens (including phenoxy) is 3. The second-order valence-corrected chi connectivity index (χ2v) is 13.0. The molecule has 0 saturated heterocycles. The predicted octanol–water partition coefficient (Wildman–Crippen LogP) is 5.02. The summed E-state index contributed by atoms with van der Waals surface area (Å²) in [5.41, 5.74) is 0.526. The van der Waals surface area contributed by atoms with Crippen LogP contribution in [0.15, 0.2) is 77.7 Å². The fourth-order valence-electron chi connectivity index (χ4n) is 4.66. The van der Waals surface area contributed by atoms with Crippen molar-refractivity contribution in [3.63, 3.8) is 0 Å². The Bertz CT molecular complexity index is 1500. The van der Waals surface area contributed by atoms with Crippen LogP contribution in [0, 0.1) is 0 Å². The number of anilines is 1. The van der Waals surface area contributed by atoms with Crippen LogP contribution in [0.5, 0.6) is 17.2 Å². The first-order valence-electron chi connectivity index (χ1n) is 14.5. The zero-order chi connectivity index (χ0) is 32.5. The molecule has 0 aliphatic carbocycles. The summed E-state index contributed by atoms with van der Waals surface area (Å²) in [6.07, 6.45) is 0.325. The lowest BCUT2D eigenvalue weighted by molar-refractivity contribution is -0.141. The van der Waals surface area contributed by atoms with Gasteiger partial charge >= 0.3 is 0 Å². The van der Waals surface area contributed by atoms with Gasteiger partial charge in [0.1, 0.15) is 18.3 Å². The summed E-state index contributed by atoms with van der Waals surface area (Å²) in [6, 6.07) is 19.2. The Morgan fingerprint density at radius 3 is 2.07 bits per heavy atom. The number of benzene rings is 3. The summed E-state index contributed by atoms with van der Waals surface area (Å²) in [6.45, 7) is 9.26. The monoisotopic (exact) mass is 625 g/mol. The topological polar surface area (TPSA) is 114 Å². The molecule has 3 aromatic carbocycles. The van der Waals surface area contributed by atoms with Crippen molar-refractivity contribution >= 4 is 27.5 Å². The van der Waals surface area contributed by atoms with E-state index in [9.17, 15) is 18.0 Å². The molecule has 44 heavy (non-hydrogen) atoms. The number of carbonyl (C=O) groups excluding carboxylic acids is 2. The molecule has 1 atom stereocenters. The van der Waals surface area contributed by atoms with Crippen LogP contribution in [-0.4, -0.2) is 64.1 Å². The van der Waals surface area contributed by atoms with Gasteiger partial charge in [-0.05, 0) is 76.1 Å². The average Bonchev–Trinajstić information content (AvgIpc) is 2.99. The molecule has 3 aromatic rings. The second-order valence-electron chi connectivity index (χ2n) is 11.1. The minimum atomic E-state index is -4.31. The number of hydrogen-bond donors (Lipinski definition) is 1. The van der Waals surface area contributed by atoms with Crippen LogP contribution >= 0.6 is 0 Å². The SMILES string of the molecule is CCOc1ccc(N(CC(=O)N(Cc2ccccc2)C(CC)C(=O)NC(C)(C)C)S(=O)(=O)c2ccc(OC)c(OC)c2)cc1. The minimum Gasteiger partial charge on any atom is -0.494 e. The largest absolute Gasteiger partial charge is 0.494 e. The Kier molecular flexibility index (Phi) is 11.6. The molecular formula is C33H43N3O7S. The number of carbonyl (C=O) groups is 2. The Balaban J connectivity index is 2.11. The van der Waals surface area contributed by atoms with Gasteiger partial charge in [-0.3, -0.25) is 13.9 Å². The van der Waals surface area contributed by atoms with Crippen LogP contribution in [0.25, 0.3) is 0 Å². The van der Waals surface area contributed by atoms with Crippen molar-refractivity contribution in [3.8, 4) is 17.2 Å². The first kappa shape index (κ1) is 34.2. The third kappa shape index (κ3) is 8.66. The Morgan fingerprint density at radius 2 is 1.52 bits per heavy atom. The molecule has 2 amide bonds. The number of nitrogens with zero attached hydrogens (tertiary/aromatic N) is 2. The van der Waals surface area contributed by atoms with Gasteiger partial charge in [-0.2, -0.15) is 0 Å². The third-order valence-electron chi connectivity index (χ3n) is 6.74. The van der Waals surface area contributed by atoms with E-state index in [0.29, 0.717) is 24.5 Å². The van der Waals surface area contributed by atoms with Crippen molar-refractivity contribution < 1.29 is 32.2 Å². The van der Waals surface area contributed by atoms with Crippen LogP contribution in [0.4, 0.5) is 5.69 Å². The summed E-state index contributed by atoms with van der Waals surface area (Å²) in [5, 5.41) is 2.97. The molecule has 238 valence electrons. The van der Waals surface area contributed by atoms with E-state index >= 15 is 0 Å². The second kappa shape index (κ2) is 15.0.